The van der Waals surface area contributed by atoms with Gasteiger partial charge in [0.05, 0.1) is 11.7 Å². The first-order valence-corrected chi connectivity index (χ1v) is 9.74. The molecule has 2 atom stereocenters. The number of rotatable bonds is 3. The predicted octanol–water partition coefficient (Wildman–Crippen LogP) is 2.64. The van der Waals surface area contributed by atoms with Crippen molar-refractivity contribution in [3.05, 3.63) is 27.1 Å². The zero-order valence-electron chi connectivity index (χ0n) is 14.0. The minimum atomic E-state index is -0.0797. The van der Waals surface area contributed by atoms with Crippen molar-refractivity contribution in [1.82, 2.24) is 14.9 Å². The van der Waals surface area contributed by atoms with E-state index in [0.29, 0.717) is 5.92 Å². The highest BCUT2D eigenvalue weighted by Gasteiger charge is 2.24. The molecule has 1 N–H and O–H groups in total. The standard InChI is InChI=1S/C18H23N3O2S/c1-11-5-2-3-7-13(11)20-15(22)9-21-10-19-17-16(18(21)23)12-6-4-8-14(12)24-17/h10-11,13H,2-9H2,1H3,(H,20,22)/t11-,13+/m0/s1. The molecule has 0 spiro atoms. The van der Waals surface area contributed by atoms with Crippen LogP contribution in [0.2, 0.25) is 0 Å². The molecule has 6 heteroatoms. The molecule has 2 aromatic rings. The van der Waals surface area contributed by atoms with E-state index in [1.165, 1.54) is 40.6 Å². The lowest BCUT2D eigenvalue weighted by molar-refractivity contribution is -0.123. The lowest BCUT2D eigenvalue weighted by Gasteiger charge is -2.29. The fourth-order valence-corrected chi connectivity index (χ4v) is 5.29. The van der Waals surface area contributed by atoms with Gasteiger partial charge in [-0.1, -0.05) is 19.8 Å². The second kappa shape index (κ2) is 6.31. The summed E-state index contributed by atoms with van der Waals surface area (Å²) in [4.78, 5) is 31.7. The molecule has 2 aliphatic rings. The number of hydrogen-bond donors (Lipinski definition) is 1. The Morgan fingerprint density at radius 2 is 2.17 bits per heavy atom. The Bertz CT molecular complexity index is 839. The van der Waals surface area contributed by atoms with E-state index < -0.39 is 0 Å². The van der Waals surface area contributed by atoms with Gasteiger partial charge in [0.2, 0.25) is 5.91 Å². The van der Waals surface area contributed by atoms with Crippen molar-refractivity contribution in [3.63, 3.8) is 0 Å². The molecule has 2 aliphatic carbocycles. The first-order chi connectivity index (χ1) is 11.6. The topological polar surface area (TPSA) is 64.0 Å². The minimum Gasteiger partial charge on any atom is -0.352 e. The fraction of sp³-hybridized carbons (Fsp3) is 0.611. The highest BCUT2D eigenvalue weighted by Crippen LogP contribution is 2.34. The molecule has 2 aromatic heterocycles. The predicted molar refractivity (Wildman–Crippen MR) is 95.5 cm³/mol. The SMILES string of the molecule is C[C@H]1CCCC[C@H]1NC(=O)Cn1cnc2sc3c(c2c1=O)CCC3. The quantitative estimate of drug-likeness (QED) is 0.930. The second-order valence-electron chi connectivity index (χ2n) is 7.15. The Labute approximate surface area is 145 Å². The smallest absolute Gasteiger partial charge is 0.262 e. The lowest BCUT2D eigenvalue weighted by Crippen LogP contribution is -2.43. The van der Waals surface area contributed by atoms with E-state index in [-0.39, 0.29) is 24.1 Å². The molecule has 1 saturated carbocycles. The van der Waals surface area contributed by atoms with Crippen molar-refractivity contribution in [1.29, 1.82) is 0 Å². The second-order valence-corrected chi connectivity index (χ2v) is 8.23. The monoisotopic (exact) mass is 345 g/mol. The van der Waals surface area contributed by atoms with Crippen molar-refractivity contribution in [2.45, 2.75) is 64.5 Å². The van der Waals surface area contributed by atoms with Crippen LogP contribution in [0.4, 0.5) is 0 Å². The molecule has 5 nitrogen and oxygen atoms in total. The van der Waals surface area contributed by atoms with E-state index in [1.54, 1.807) is 11.3 Å². The zero-order chi connectivity index (χ0) is 16.7. The molecular formula is C18H23N3O2S. The lowest BCUT2D eigenvalue weighted by atomic mass is 9.86. The van der Waals surface area contributed by atoms with Gasteiger partial charge in [-0.05, 0) is 43.6 Å². The Morgan fingerprint density at radius 1 is 1.33 bits per heavy atom. The van der Waals surface area contributed by atoms with Gasteiger partial charge >= 0.3 is 0 Å². The molecule has 4 rings (SSSR count). The van der Waals surface area contributed by atoms with Crippen LogP contribution >= 0.6 is 11.3 Å². The molecule has 128 valence electrons. The molecule has 1 amide bonds. The van der Waals surface area contributed by atoms with Crippen molar-refractivity contribution in [3.8, 4) is 0 Å². The summed E-state index contributed by atoms with van der Waals surface area (Å²) in [6.45, 7) is 2.26. The Kier molecular flexibility index (Phi) is 4.16. The van der Waals surface area contributed by atoms with Gasteiger partial charge in [-0.2, -0.15) is 0 Å². The van der Waals surface area contributed by atoms with Crippen LogP contribution in [0.5, 0.6) is 0 Å². The van der Waals surface area contributed by atoms with Gasteiger partial charge in [0.25, 0.3) is 5.56 Å². The Hall–Kier alpha value is -1.69. The van der Waals surface area contributed by atoms with Gasteiger partial charge in [0.1, 0.15) is 11.4 Å². The third-order valence-electron chi connectivity index (χ3n) is 5.46. The summed E-state index contributed by atoms with van der Waals surface area (Å²) in [5, 5.41) is 3.86. The molecule has 0 aliphatic heterocycles. The van der Waals surface area contributed by atoms with Gasteiger partial charge in [-0.15, -0.1) is 11.3 Å². The zero-order valence-corrected chi connectivity index (χ0v) is 14.8. The first kappa shape index (κ1) is 15.8. The van der Waals surface area contributed by atoms with Crippen LogP contribution in [0.3, 0.4) is 0 Å². The van der Waals surface area contributed by atoms with Gasteiger partial charge in [-0.25, -0.2) is 4.98 Å². The number of amides is 1. The number of carbonyl (C=O) groups is 1. The fourth-order valence-electron chi connectivity index (χ4n) is 4.07. The maximum Gasteiger partial charge on any atom is 0.262 e. The summed E-state index contributed by atoms with van der Waals surface area (Å²) >= 11 is 1.63. The summed E-state index contributed by atoms with van der Waals surface area (Å²) in [6, 6.07) is 0.240. The number of fused-ring (bicyclic) bond motifs is 3. The van der Waals surface area contributed by atoms with E-state index in [1.807, 2.05) is 0 Å². The third-order valence-corrected chi connectivity index (χ3v) is 6.66. The number of nitrogens with zero attached hydrogens (tertiary/aromatic N) is 2. The van der Waals surface area contributed by atoms with E-state index in [4.69, 9.17) is 0 Å². The number of hydrogen-bond acceptors (Lipinski definition) is 4. The van der Waals surface area contributed by atoms with Gasteiger partial charge < -0.3 is 5.32 Å². The van der Waals surface area contributed by atoms with Crippen LogP contribution in [0.25, 0.3) is 10.2 Å². The Balaban J connectivity index is 1.55. The number of aromatic nitrogens is 2. The molecule has 0 bridgehead atoms. The van der Waals surface area contributed by atoms with Crippen LogP contribution in [0.1, 0.15) is 49.5 Å². The molecule has 24 heavy (non-hydrogen) atoms. The number of nitrogens with one attached hydrogen (secondary N) is 1. The van der Waals surface area contributed by atoms with Gasteiger partial charge in [-0.3, -0.25) is 14.2 Å². The number of aryl methyl sites for hydroxylation is 2. The van der Waals surface area contributed by atoms with Crippen LogP contribution in [-0.4, -0.2) is 21.5 Å². The average molecular weight is 345 g/mol. The first-order valence-electron chi connectivity index (χ1n) is 8.92. The molecule has 2 heterocycles. The van der Waals surface area contributed by atoms with Crippen molar-refractivity contribution < 1.29 is 4.79 Å². The van der Waals surface area contributed by atoms with E-state index in [2.05, 4.69) is 17.2 Å². The minimum absolute atomic E-state index is 0.0637. The van der Waals surface area contributed by atoms with Crippen LogP contribution in [-0.2, 0) is 24.2 Å². The highest BCUT2D eigenvalue weighted by molar-refractivity contribution is 7.18. The van der Waals surface area contributed by atoms with Crippen LogP contribution in [0.15, 0.2) is 11.1 Å². The largest absolute Gasteiger partial charge is 0.352 e. The molecule has 0 unspecified atom stereocenters. The molecule has 0 aromatic carbocycles. The molecule has 0 saturated heterocycles. The van der Waals surface area contributed by atoms with E-state index in [0.717, 1.165) is 35.9 Å². The number of thiophene rings is 1. The van der Waals surface area contributed by atoms with E-state index >= 15 is 0 Å². The summed E-state index contributed by atoms with van der Waals surface area (Å²) in [7, 11) is 0. The third kappa shape index (κ3) is 2.77. The van der Waals surface area contributed by atoms with Crippen molar-refractivity contribution >= 4 is 27.5 Å². The Morgan fingerprint density at radius 3 is 3.00 bits per heavy atom. The molecule has 0 radical (unpaired) electrons. The van der Waals surface area contributed by atoms with Crippen LogP contribution in [0, 0.1) is 5.92 Å². The number of carbonyl (C=O) groups excluding carboxylic acids is 1. The van der Waals surface area contributed by atoms with Gasteiger partial charge in [0.15, 0.2) is 0 Å². The summed E-state index contributed by atoms with van der Waals surface area (Å²) in [5.41, 5.74) is 1.11. The summed E-state index contributed by atoms with van der Waals surface area (Å²) < 4.78 is 1.47. The molecular weight excluding hydrogens is 322 g/mol. The normalized spacial score (nSPS) is 23.4. The van der Waals surface area contributed by atoms with Crippen molar-refractivity contribution in [2.24, 2.45) is 5.92 Å². The maximum atomic E-state index is 12.8. The average Bonchev–Trinajstić information content (AvgIpc) is 3.13. The van der Waals surface area contributed by atoms with Crippen molar-refractivity contribution in [2.75, 3.05) is 0 Å². The van der Waals surface area contributed by atoms with Gasteiger partial charge in [0, 0.05) is 10.9 Å². The maximum absolute atomic E-state index is 12.8. The highest BCUT2D eigenvalue weighted by atomic mass is 32.1. The summed E-state index contributed by atoms with van der Waals surface area (Å²) in [6.07, 6.45) is 9.28. The summed E-state index contributed by atoms with van der Waals surface area (Å²) in [5.74, 6) is 0.434. The van der Waals surface area contributed by atoms with E-state index in [9.17, 15) is 9.59 Å². The molecule has 1 fully saturated rings. The van der Waals surface area contributed by atoms with Crippen LogP contribution < -0.4 is 10.9 Å².